The number of carbonyl (C=O) groups is 1. The first-order valence-corrected chi connectivity index (χ1v) is 6.96. The minimum absolute atomic E-state index is 0.0586. The summed E-state index contributed by atoms with van der Waals surface area (Å²) in [5.41, 5.74) is 5.46. The number of ether oxygens (including phenoxy) is 3. The minimum Gasteiger partial charge on any atom is -0.497 e. The second-order valence-electron chi connectivity index (χ2n) is 4.53. The molecule has 0 aliphatic heterocycles. The van der Waals surface area contributed by atoms with E-state index in [9.17, 15) is 4.79 Å². The van der Waals surface area contributed by atoms with Gasteiger partial charge >= 0.3 is 0 Å². The number of carbonyl (C=O) groups excluding carboxylic acids is 1. The average molecular weight is 296 g/mol. The summed E-state index contributed by atoms with van der Waals surface area (Å²) in [6.07, 6.45) is 0.797. The Morgan fingerprint density at radius 1 is 1.24 bits per heavy atom. The molecule has 0 radical (unpaired) electrons. The molecule has 1 unspecified atom stereocenters. The number of amides is 1. The third-order valence-corrected chi connectivity index (χ3v) is 2.98. The van der Waals surface area contributed by atoms with Crippen molar-refractivity contribution in [3.05, 3.63) is 24.3 Å². The number of hydrogen-bond acceptors (Lipinski definition) is 5. The molecule has 6 nitrogen and oxygen atoms in total. The molecule has 1 atom stereocenters. The van der Waals surface area contributed by atoms with Crippen LogP contribution in [0.15, 0.2) is 24.3 Å². The smallest absolute Gasteiger partial charge is 0.222 e. The van der Waals surface area contributed by atoms with Gasteiger partial charge in [-0.3, -0.25) is 4.79 Å². The summed E-state index contributed by atoms with van der Waals surface area (Å²) in [5.74, 6) is 1.52. The van der Waals surface area contributed by atoms with Gasteiger partial charge in [0.25, 0.3) is 0 Å². The van der Waals surface area contributed by atoms with E-state index >= 15 is 0 Å². The van der Waals surface area contributed by atoms with E-state index in [2.05, 4.69) is 5.32 Å². The summed E-state index contributed by atoms with van der Waals surface area (Å²) in [6.45, 7) is 1.44. The first kappa shape index (κ1) is 17.3. The molecule has 1 aromatic carbocycles. The largest absolute Gasteiger partial charge is 0.497 e. The zero-order valence-corrected chi connectivity index (χ0v) is 12.6. The van der Waals surface area contributed by atoms with Gasteiger partial charge in [0, 0.05) is 20.2 Å². The van der Waals surface area contributed by atoms with Gasteiger partial charge in [-0.05, 0) is 30.7 Å². The molecule has 0 aliphatic rings. The lowest BCUT2D eigenvalue weighted by Gasteiger charge is -2.12. The van der Waals surface area contributed by atoms with E-state index in [0.29, 0.717) is 19.7 Å². The van der Waals surface area contributed by atoms with E-state index < -0.39 is 0 Å². The minimum atomic E-state index is -0.222. The molecular formula is C15H24N2O4. The molecular weight excluding hydrogens is 272 g/mol. The monoisotopic (exact) mass is 296 g/mol. The number of methoxy groups -OCH3 is 2. The number of nitrogens with one attached hydrogen (secondary N) is 1. The highest BCUT2D eigenvalue weighted by molar-refractivity contribution is 5.76. The van der Waals surface area contributed by atoms with Crippen molar-refractivity contribution in [2.45, 2.75) is 18.9 Å². The average Bonchev–Trinajstić information content (AvgIpc) is 2.52. The zero-order valence-electron chi connectivity index (χ0n) is 12.6. The Bertz CT molecular complexity index is 405. The van der Waals surface area contributed by atoms with Gasteiger partial charge < -0.3 is 25.3 Å². The van der Waals surface area contributed by atoms with Crippen molar-refractivity contribution in [2.24, 2.45) is 5.73 Å². The van der Waals surface area contributed by atoms with E-state index in [0.717, 1.165) is 17.9 Å². The van der Waals surface area contributed by atoms with Gasteiger partial charge in [0.15, 0.2) is 0 Å². The summed E-state index contributed by atoms with van der Waals surface area (Å²) in [4.78, 5) is 11.6. The van der Waals surface area contributed by atoms with Gasteiger partial charge in [-0.15, -0.1) is 0 Å². The third kappa shape index (κ3) is 6.97. The zero-order chi connectivity index (χ0) is 15.5. The Labute approximate surface area is 125 Å². The molecule has 0 saturated heterocycles. The van der Waals surface area contributed by atoms with E-state index in [1.165, 1.54) is 0 Å². The number of rotatable bonds is 10. The summed E-state index contributed by atoms with van der Waals surface area (Å²) >= 11 is 0. The fraction of sp³-hybridized carbons (Fsp3) is 0.533. The third-order valence-electron chi connectivity index (χ3n) is 2.98. The first-order chi connectivity index (χ1) is 10.2. The van der Waals surface area contributed by atoms with Gasteiger partial charge in [-0.2, -0.15) is 0 Å². The maximum absolute atomic E-state index is 11.6. The van der Waals surface area contributed by atoms with E-state index in [1.54, 1.807) is 14.2 Å². The van der Waals surface area contributed by atoms with Crippen molar-refractivity contribution in [2.75, 3.05) is 33.9 Å². The molecule has 1 aromatic rings. The summed E-state index contributed by atoms with van der Waals surface area (Å²) in [6, 6.07) is 7.38. The maximum Gasteiger partial charge on any atom is 0.222 e. The second kappa shape index (κ2) is 10.0. The van der Waals surface area contributed by atoms with Crippen LogP contribution in [0.1, 0.15) is 12.8 Å². The van der Waals surface area contributed by atoms with Crippen molar-refractivity contribution in [1.29, 1.82) is 0 Å². The Balaban J connectivity index is 2.12. The van der Waals surface area contributed by atoms with Gasteiger partial charge in [0.2, 0.25) is 5.91 Å². The Morgan fingerprint density at radius 2 is 1.90 bits per heavy atom. The van der Waals surface area contributed by atoms with Crippen LogP contribution < -0.4 is 20.5 Å². The Kier molecular flexibility index (Phi) is 8.23. The number of nitrogens with two attached hydrogens (primary N) is 1. The van der Waals surface area contributed by atoms with Crippen molar-refractivity contribution in [1.82, 2.24) is 5.32 Å². The summed E-state index contributed by atoms with van der Waals surface area (Å²) in [7, 11) is 3.17. The SMILES string of the molecule is COc1ccc(OCCCNC(=O)CC(CN)OC)cc1. The molecule has 0 aromatic heterocycles. The normalized spacial score (nSPS) is 11.8. The van der Waals surface area contributed by atoms with Crippen LogP contribution in [0.4, 0.5) is 0 Å². The summed E-state index contributed by atoms with van der Waals surface area (Å²) in [5, 5.41) is 2.81. The van der Waals surface area contributed by atoms with Crippen molar-refractivity contribution in [3.63, 3.8) is 0 Å². The second-order valence-corrected chi connectivity index (χ2v) is 4.53. The topological polar surface area (TPSA) is 82.8 Å². The Hall–Kier alpha value is -1.79. The highest BCUT2D eigenvalue weighted by Gasteiger charge is 2.10. The molecule has 0 saturated carbocycles. The quantitative estimate of drug-likeness (QED) is 0.628. The Morgan fingerprint density at radius 3 is 2.48 bits per heavy atom. The molecule has 3 N–H and O–H groups in total. The lowest BCUT2D eigenvalue weighted by Crippen LogP contribution is -2.33. The summed E-state index contributed by atoms with van der Waals surface area (Å²) < 4.78 is 15.7. The van der Waals surface area contributed by atoms with E-state index in [1.807, 2.05) is 24.3 Å². The number of hydrogen-bond donors (Lipinski definition) is 2. The van der Waals surface area contributed by atoms with E-state index in [-0.39, 0.29) is 18.4 Å². The van der Waals surface area contributed by atoms with Crippen molar-refractivity contribution >= 4 is 5.91 Å². The van der Waals surface area contributed by atoms with Crippen molar-refractivity contribution < 1.29 is 19.0 Å². The predicted octanol–water partition coefficient (Wildman–Crippen LogP) is 0.944. The fourth-order valence-electron chi connectivity index (χ4n) is 1.70. The van der Waals surface area contributed by atoms with Crippen LogP contribution in [0, 0.1) is 0 Å². The van der Waals surface area contributed by atoms with Crippen LogP contribution >= 0.6 is 0 Å². The molecule has 0 heterocycles. The van der Waals surface area contributed by atoms with E-state index in [4.69, 9.17) is 19.9 Å². The highest BCUT2D eigenvalue weighted by Crippen LogP contribution is 2.16. The maximum atomic E-state index is 11.6. The van der Waals surface area contributed by atoms with Crippen LogP contribution in [0.25, 0.3) is 0 Å². The molecule has 0 bridgehead atoms. The van der Waals surface area contributed by atoms with Gasteiger partial charge in [0.05, 0.1) is 26.2 Å². The molecule has 1 rings (SSSR count). The van der Waals surface area contributed by atoms with Crippen molar-refractivity contribution in [3.8, 4) is 11.5 Å². The molecule has 118 valence electrons. The lowest BCUT2D eigenvalue weighted by molar-refractivity contribution is -0.123. The molecule has 21 heavy (non-hydrogen) atoms. The molecule has 1 amide bonds. The molecule has 6 heteroatoms. The first-order valence-electron chi connectivity index (χ1n) is 6.96. The highest BCUT2D eigenvalue weighted by atomic mass is 16.5. The van der Waals surface area contributed by atoms with Gasteiger partial charge in [-0.25, -0.2) is 0 Å². The van der Waals surface area contributed by atoms with Crippen LogP contribution in [0.3, 0.4) is 0 Å². The lowest BCUT2D eigenvalue weighted by atomic mass is 10.2. The van der Waals surface area contributed by atoms with Crippen LogP contribution in [0.5, 0.6) is 11.5 Å². The van der Waals surface area contributed by atoms with Gasteiger partial charge in [0.1, 0.15) is 11.5 Å². The molecule has 0 aliphatic carbocycles. The predicted molar refractivity (Wildman–Crippen MR) is 80.6 cm³/mol. The molecule has 0 spiro atoms. The van der Waals surface area contributed by atoms with Gasteiger partial charge in [-0.1, -0.05) is 0 Å². The fourth-order valence-corrected chi connectivity index (χ4v) is 1.70. The standard InChI is InChI=1S/C15H24N2O4/c1-19-12-4-6-13(7-5-12)21-9-3-8-17-15(18)10-14(11-16)20-2/h4-7,14H,3,8-11,16H2,1-2H3,(H,17,18). The van der Waals surface area contributed by atoms with Crippen LogP contribution in [-0.2, 0) is 9.53 Å². The van der Waals surface area contributed by atoms with Crippen LogP contribution in [-0.4, -0.2) is 45.9 Å². The molecule has 0 fully saturated rings. The number of benzene rings is 1. The van der Waals surface area contributed by atoms with Crippen LogP contribution in [0.2, 0.25) is 0 Å².